The number of nitrogens with zero attached hydrogens (tertiary/aromatic N) is 4. The fourth-order valence-corrected chi connectivity index (χ4v) is 2.95. The van der Waals surface area contributed by atoms with Crippen LogP contribution < -0.4 is 5.56 Å². The summed E-state index contributed by atoms with van der Waals surface area (Å²) in [5.41, 5.74) is -1.17. The van der Waals surface area contributed by atoms with Gasteiger partial charge in [0.15, 0.2) is 5.69 Å². The summed E-state index contributed by atoms with van der Waals surface area (Å²) in [6, 6.07) is 14.8. The normalized spacial score (nSPS) is 12.4. The van der Waals surface area contributed by atoms with Crippen LogP contribution in [0.2, 0.25) is 0 Å². The molecule has 0 aliphatic rings. The molecule has 12 heteroatoms. The molecule has 0 radical (unpaired) electrons. The topological polar surface area (TPSA) is 71.6 Å². The Hall–Kier alpha value is -3.75. The molecule has 33 heavy (non-hydrogen) atoms. The van der Waals surface area contributed by atoms with Gasteiger partial charge in [0.25, 0.3) is 5.56 Å². The lowest BCUT2D eigenvalue weighted by Crippen LogP contribution is -2.52. The Morgan fingerprint density at radius 2 is 1.48 bits per heavy atom. The van der Waals surface area contributed by atoms with Gasteiger partial charge < -0.3 is 0 Å². The number of aryl methyl sites for hydroxylation is 1. The molecule has 0 bridgehead atoms. The Kier molecular flexibility index (Phi) is 6.26. The zero-order valence-electron chi connectivity index (χ0n) is 16.5. The molecule has 1 aromatic heterocycles. The molecular weight excluding hydrogens is 457 g/mol. The number of halogens is 7. The van der Waals surface area contributed by atoms with Crippen molar-refractivity contribution in [1.82, 2.24) is 14.8 Å². The third-order valence-corrected chi connectivity index (χ3v) is 4.73. The van der Waals surface area contributed by atoms with Crippen molar-refractivity contribution in [3.63, 3.8) is 0 Å². The van der Waals surface area contributed by atoms with Gasteiger partial charge in [-0.1, -0.05) is 42.5 Å². The van der Waals surface area contributed by atoms with Crippen molar-refractivity contribution in [2.45, 2.75) is 31.0 Å². The first-order valence-electron chi connectivity index (χ1n) is 9.25. The maximum absolute atomic E-state index is 14.5. The molecule has 0 fully saturated rings. The molecule has 0 saturated carbocycles. The summed E-state index contributed by atoms with van der Waals surface area (Å²) < 4.78 is 94.5. The number of hydrogen-bond acceptors (Lipinski definition) is 4. The maximum Gasteiger partial charge on any atom is 0.460 e. The monoisotopic (exact) mass is 470 g/mol. The van der Waals surface area contributed by atoms with E-state index in [9.17, 15) is 35.5 Å². The predicted molar refractivity (Wildman–Crippen MR) is 101 cm³/mol. The van der Waals surface area contributed by atoms with Crippen LogP contribution in [0.4, 0.5) is 30.7 Å². The second-order valence-corrected chi connectivity index (χ2v) is 6.90. The van der Waals surface area contributed by atoms with E-state index in [2.05, 4.69) is 10.2 Å². The quantitative estimate of drug-likeness (QED) is 0.490. The molecule has 0 unspecified atom stereocenters. The van der Waals surface area contributed by atoms with E-state index in [-0.39, 0.29) is 22.1 Å². The lowest BCUT2D eigenvalue weighted by atomic mass is 10.1. The van der Waals surface area contributed by atoms with Gasteiger partial charge in [-0.25, -0.2) is 0 Å². The molecule has 1 heterocycles. The van der Waals surface area contributed by atoms with Crippen molar-refractivity contribution in [2.24, 2.45) is 0 Å². The van der Waals surface area contributed by atoms with Crippen LogP contribution in [0.1, 0.15) is 17.0 Å². The molecule has 172 valence electrons. The van der Waals surface area contributed by atoms with Crippen molar-refractivity contribution in [3.05, 3.63) is 81.9 Å². The van der Waals surface area contributed by atoms with E-state index >= 15 is 0 Å². The minimum Gasteiger partial charge on any atom is -0.288 e. The van der Waals surface area contributed by atoms with E-state index in [0.29, 0.717) is 5.56 Å². The maximum atomic E-state index is 14.5. The fraction of sp³-hybridized carbons (Fsp3) is 0.238. The molecule has 0 N–H and O–H groups in total. The number of nitriles is 1. The number of alkyl halides is 7. The molecule has 0 saturated heterocycles. The van der Waals surface area contributed by atoms with Crippen molar-refractivity contribution in [2.75, 3.05) is 0 Å². The van der Waals surface area contributed by atoms with Gasteiger partial charge in [-0.05, 0) is 24.1 Å². The number of rotatable bonds is 6. The first-order valence-corrected chi connectivity index (χ1v) is 9.25. The first-order chi connectivity index (χ1) is 15.4. The zero-order chi connectivity index (χ0) is 24.4. The summed E-state index contributed by atoms with van der Waals surface area (Å²) in [4.78, 5) is 12.9. The lowest BCUT2D eigenvalue weighted by Gasteiger charge is -2.28. The first kappa shape index (κ1) is 23.9. The summed E-state index contributed by atoms with van der Waals surface area (Å²) in [5, 5.41) is 15.0. The SMILES string of the molecule is N#Cc1ccc(-c2nnc(C(F)(F)C(F)(F)C(F)(F)F)n(CCc3ccccc3)c2=O)cc1. The van der Waals surface area contributed by atoms with Gasteiger partial charge in [-0.15, -0.1) is 10.2 Å². The molecule has 3 rings (SSSR count). The lowest BCUT2D eigenvalue weighted by molar-refractivity contribution is -0.362. The third-order valence-electron chi connectivity index (χ3n) is 4.73. The molecule has 0 atom stereocenters. The van der Waals surface area contributed by atoms with Crippen LogP contribution in [0.15, 0.2) is 59.4 Å². The molecular formula is C21H13F7N4O. The van der Waals surface area contributed by atoms with Gasteiger partial charge in [0.1, 0.15) is 0 Å². The van der Waals surface area contributed by atoms with Gasteiger partial charge in [0, 0.05) is 12.1 Å². The Morgan fingerprint density at radius 1 is 0.879 bits per heavy atom. The van der Waals surface area contributed by atoms with Crippen LogP contribution in [0.3, 0.4) is 0 Å². The van der Waals surface area contributed by atoms with Crippen LogP contribution in [0.5, 0.6) is 0 Å². The highest BCUT2D eigenvalue weighted by atomic mass is 19.4. The average molecular weight is 470 g/mol. The van der Waals surface area contributed by atoms with Crippen molar-refractivity contribution < 1.29 is 30.7 Å². The van der Waals surface area contributed by atoms with E-state index in [4.69, 9.17) is 5.26 Å². The average Bonchev–Trinajstić information content (AvgIpc) is 2.78. The molecule has 3 aromatic rings. The van der Waals surface area contributed by atoms with Gasteiger partial charge in [0.05, 0.1) is 11.6 Å². The van der Waals surface area contributed by atoms with Gasteiger partial charge in [-0.2, -0.15) is 36.0 Å². The summed E-state index contributed by atoms with van der Waals surface area (Å²) in [6.07, 6.45) is -6.75. The highest BCUT2D eigenvalue weighted by Gasteiger charge is 2.75. The smallest absolute Gasteiger partial charge is 0.288 e. The Bertz CT molecular complexity index is 1230. The standard InChI is InChI=1S/C21H13F7N4O/c22-19(23,20(24,25)21(26,27)28)18-31-30-16(15-8-6-14(12-29)7-9-15)17(33)32(18)11-10-13-4-2-1-3-5-13/h1-9H,10-11H2. The summed E-state index contributed by atoms with van der Waals surface area (Å²) in [7, 11) is 0. The van der Waals surface area contributed by atoms with Crippen LogP contribution in [0, 0.1) is 11.3 Å². The van der Waals surface area contributed by atoms with Crippen LogP contribution >= 0.6 is 0 Å². The van der Waals surface area contributed by atoms with Crippen LogP contribution in [-0.2, 0) is 18.9 Å². The third kappa shape index (κ3) is 4.44. The second kappa shape index (κ2) is 8.65. The second-order valence-electron chi connectivity index (χ2n) is 6.90. The highest BCUT2D eigenvalue weighted by Crippen LogP contribution is 2.51. The highest BCUT2D eigenvalue weighted by molar-refractivity contribution is 5.58. The number of benzene rings is 2. The van der Waals surface area contributed by atoms with E-state index in [1.807, 2.05) is 6.07 Å². The van der Waals surface area contributed by atoms with Crippen LogP contribution in [0.25, 0.3) is 11.3 Å². The van der Waals surface area contributed by atoms with E-state index in [1.54, 1.807) is 30.3 Å². The van der Waals surface area contributed by atoms with Crippen molar-refractivity contribution in [3.8, 4) is 17.3 Å². The number of aromatic nitrogens is 3. The van der Waals surface area contributed by atoms with Crippen molar-refractivity contribution in [1.29, 1.82) is 5.26 Å². The molecule has 0 aliphatic heterocycles. The fourth-order valence-electron chi connectivity index (χ4n) is 2.95. The van der Waals surface area contributed by atoms with Gasteiger partial charge >= 0.3 is 18.0 Å². The zero-order valence-corrected chi connectivity index (χ0v) is 16.5. The molecule has 0 aliphatic carbocycles. The molecule has 0 amide bonds. The Balaban J connectivity index is 2.17. The summed E-state index contributed by atoms with van der Waals surface area (Å²) >= 11 is 0. The van der Waals surface area contributed by atoms with Crippen molar-refractivity contribution >= 4 is 0 Å². The molecule has 2 aromatic carbocycles. The van der Waals surface area contributed by atoms with E-state index < -0.39 is 41.6 Å². The van der Waals surface area contributed by atoms with Crippen LogP contribution in [-0.4, -0.2) is 26.9 Å². The minimum absolute atomic E-state index is 0.0115. The Morgan fingerprint density at radius 3 is 2.03 bits per heavy atom. The van der Waals surface area contributed by atoms with E-state index in [0.717, 1.165) is 0 Å². The van der Waals surface area contributed by atoms with Gasteiger partial charge in [0.2, 0.25) is 5.82 Å². The summed E-state index contributed by atoms with van der Waals surface area (Å²) in [5.74, 6) is -14.5. The number of hydrogen-bond donors (Lipinski definition) is 0. The molecule has 5 nitrogen and oxygen atoms in total. The van der Waals surface area contributed by atoms with Gasteiger partial charge in [-0.3, -0.25) is 9.36 Å². The Labute approximate surface area is 181 Å². The van der Waals surface area contributed by atoms with E-state index in [1.165, 1.54) is 24.3 Å². The largest absolute Gasteiger partial charge is 0.460 e. The molecule has 0 spiro atoms. The summed E-state index contributed by atoms with van der Waals surface area (Å²) in [6.45, 7) is -0.666. The predicted octanol–water partition coefficient (Wildman–Crippen LogP) is 4.71. The minimum atomic E-state index is -6.61.